The van der Waals surface area contributed by atoms with Gasteiger partial charge >= 0.3 is 6.01 Å². The summed E-state index contributed by atoms with van der Waals surface area (Å²) in [5.74, 6) is 0.193. The Morgan fingerprint density at radius 3 is 2.57 bits per heavy atom. The van der Waals surface area contributed by atoms with Gasteiger partial charge in [-0.05, 0) is 55.3 Å². The van der Waals surface area contributed by atoms with Crippen molar-refractivity contribution in [3.8, 4) is 11.5 Å². The Balaban J connectivity index is 1.39. The second-order valence-electron chi connectivity index (χ2n) is 6.76. The summed E-state index contributed by atoms with van der Waals surface area (Å²) in [7, 11) is 0. The fraction of sp³-hybridized carbons (Fsp3) is 0.250. The van der Waals surface area contributed by atoms with Crippen LogP contribution in [0.3, 0.4) is 0 Å². The number of hydrogen-bond acceptors (Lipinski definition) is 6. The maximum Gasteiger partial charge on any atom is 0.320 e. The molecule has 0 radical (unpaired) electrons. The number of nitrogens with two attached hydrogens (primary N) is 1. The van der Waals surface area contributed by atoms with Gasteiger partial charge in [-0.1, -0.05) is 22.8 Å². The molecule has 2 heterocycles. The van der Waals surface area contributed by atoms with Crippen LogP contribution in [0.15, 0.2) is 52.9 Å². The number of aromatic nitrogens is 2. The normalized spacial score (nSPS) is 14.8. The van der Waals surface area contributed by atoms with E-state index in [4.69, 9.17) is 21.8 Å². The zero-order chi connectivity index (χ0) is 19.5. The van der Waals surface area contributed by atoms with Crippen molar-refractivity contribution in [3.05, 3.63) is 53.6 Å². The van der Waals surface area contributed by atoms with Crippen molar-refractivity contribution in [2.45, 2.75) is 12.8 Å². The molecule has 8 heteroatoms. The highest BCUT2D eigenvalue weighted by atomic mass is 35.5. The third-order valence-corrected chi connectivity index (χ3v) is 5.11. The summed E-state index contributed by atoms with van der Waals surface area (Å²) >= 11 is 6.00. The number of rotatable bonds is 5. The minimum Gasteiger partial charge on any atom is -0.403 e. The molecule has 2 aromatic carbocycles. The molecule has 0 bridgehead atoms. The van der Waals surface area contributed by atoms with Gasteiger partial charge in [0.2, 0.25) is 11.8 Å². The Bertz CT molecular complexity index is 965. The first-order valence-corrected chi connectivity index (χ1v) is 9.47. The van der Waals surface area contributed by atoms with Crippen molar-refractivity contribution in [1.82, 2.24) is 10.2 Å². The molecule has 0 unspecified atom stereocenters. The molecule has 144 valence electrons. The Labute approximate surface area is 167 Å². The average Bonchev–Trinajstić information content (AvgIpc) is 3.17. The van der Waals surface area contributed by atoms with Crippen LogP contribution in [0, 0.1) is 5.92 Å². The van der Waals surface area contributed by atoms with Gasteiger partial charge in [0.15, 0.2) is 0 Å². The van der Waals surface area contributed by atoms with Gasteiger partial charge in [-0.25, -0.2) is 0 Å². The van der Waals surface area contributed by atoms with Gasteiger partial charge in [0.25, 0.3) is 0 Å². The molecule has 4 rings (SSSR count). The zero-order valence-corrected chi connectivity index (χ0v) is 15.9. The van der Waals surface area contributed by atoms with E-state index in [2.05, 4.69) is 20.4 Å². The van der Waals surface area contributed by atoms with Crippen molar-refractivity contribution in [2.75, 3.05) is 23.3 Å². The van der Waals surface area contributed by atoms with E-state index in [1.807, 2.05) is 36.4 Å². The smallest absolute Gasteiger partial charge is 0.320 e. The summed E-state index contributed by atoms with van der Waals surface area (Å²) in [5, 5.41) is 11.8. The number of carbonyl (C=O) groups excluding carboxylic acids is 1. The number of anilines is 3. The van der Waals surface area contributed by atoms with Crippen LogP contribution in [-0.2, 0) is 4.79 Å². The minimum atomic E-state index is -0.198. The molecular formula is C20H20ClN5O2. The van der Waals surface area contributed by atoms with Crippen LogP contribution in [-0.4, -0.2) is 29.2 Å². The lowest BCUT2D eigenvalue weighted by Gasteiger charge is -2.32. The van der Waals surface area contributed by atoms with E-state index < -0.39 is 0 Å². The predicted molar refractivity (Wildman–Crippen MR) is 109 cm³/mol. The summed E-state index contributed by atoms with van der Waals surface area (Å²) < 4.78 is 5.66. The van der Waals surface area contributed by atoms with Crippen LogP contribution in [0.5, 0.6) is 0 Å². The van der Waals surface area contributed by atoms with E-state index in [1.54, 1.807) is 12.1 Å². The molecule has 1 aliphatic rings. The van der Waals surface area contributed by atoms with Crippen molar-refractivity contribution in [2.24, 2.45) is 11.7 Å². The lowest BCUT2D eigenvalue weighted by Crippen LogP contribution is -2.38. The van der Waals surface area contributed by atoms with Crippen LogP contribution < -0.4 is 16.0 Å². The minimum absolute atomic E-state index is 0.0107. The monoisotopic (exact) mass is 397 g/mol. The van der Waals surface area contributed by atoms with Crippen LogP contribution in [0.4, 0.5) is 17.4 Å². The van der Waals surface area contributed by atoms with Gasteiger partial charge in [-0.3, -0.25) is 4.79 Å². The molecule has 1 saturated heterocycles. The zero-order valence-electron chi connectivity index (χ0n) is 15.1. The molecule has 3 N–H and O–H groups in total. The topological polar surface area (TPSA) is 97.3 Å². The maximum atomic E-state index is 11.3. The predicted octanol–water partition coefficient (Wildman–Crippen LogP) is 3.84. The van der Waals surface area contributed by atoms with E-state index in [9.17, 15) is 4.79 Å². The third kappa shape index (κ3) is 4.09. The Hall–Kier alpha value is -3.06. The number of halogens is 1. The highest BCUT2D eigenvalue weighted by Gasteiger charge is 2.23. The van der Waals surface area contributed by atoms with Crippen LogP contribution >= 0.6 is 11.6 Å². The number of nitrogens with one attached hydrogen (secondary N) is 1. The largest absolute Gasteiger partial charge is 0.403 e. The lowest BCUT2D eigenvalue weighted by atomic mass is 9.96. The molecule has 1 amide bonds. The SMILES string of the molecule is NC(=O)C1CCN(c2ccc(Nc3nnc(-c4cccc(Cl)c4)o3)cc2)CC1. The summed E-state index contributed by atoms with van der Waals surface area (Å²) in [4.78, 5) is 13.6. The van der Waals surface area contributed by atoms with Gasteiger partial charge in [-0.15, -0.1) is 5.10 Å². The van der Waals surface area contributed by atoms with E-state index in [0.29, 0.717) is 16.9 Å². The molecule has 1 fully saturated rings. The van der Waals surface area contributed by atoms with E-state index in [0.717, 1.165) is 42.9 Å². The summed E-state index contributed by atoms with van der Waals surface area (Å²) in [6.07, 6.45) is 1.59. The molecule has 7 nitrogen and oxygen atoms in total. The van der Waals surface area contributed by atoms with Crippen molar-refractivity contribution in [1.29, 1.82) is 0 Å². The fourth-order valence-electron chi connectivity index (χ4n) is 3.31. The number of piperidine rings is 1. The maximum absolute atomic E-state index is 11.3. The Morgan fingerprint density at radius 2 is 1.89 bits per heavy atom. The van der Waals surface area contributed by atoms with E-state index in [-0.39, 0.29) is 11.8 Å². The Morgan fingerprint density at radius 1 is 1.14 bits per heavy atom. The van der Waals surface area contributed by atoms with Crippen molar-refractivity contribution >= 4 is 34.9 Å². The number of nitrogens with zero attached hydrogens (tertiary/aromatic N) is 3. The number of primary amides is 1. The lowest BCUT2D eigenvalue weighted by molar-refractivity contribution is -0.122. The summed E-state index contributed by atoms with van der Waals surface area (Å²) in [6, 6.07) is 15.5. The van der Waals surface area contributed by atoms with Gasteiger partial charge in [0.05, 0.1) is 0 Å². The first-order chi connectivity index (χ1) is 13.6. The van der Waals surface area contributed by atoms with Crippen molar-refractivity contribution < 1.29 is 9.21 Å². The number of hydrogen-bond donors (Lipinski definition) is 2. The number of amides is 1. The molecular weight excluding hydrogens is 378 g/mol. The second-order valence-corrected chi connectivity index (χ2v) is 7.19. The fourth-order valence-corrected chi connectivity index (χ4v) is 3.50. The summed E-state index contributed by atoms with van der Waals surface area (Å²) in [5.41, 5.74) is 8.12. The highest BCUT2D eigenvalue weighted by Crippen LogP contribution is 2.27. The van der Waals surface area contributed by atoms with Crippen molar-refractivity contribution in [3.63, 3.8) is 0 Å². The number of benzene rings is 2. The molecule has 1 aliphatic heterocycles. The number of carbonyl (C=O) groups is 1. The van der Waals surface area contributed by atoms with Gasteiger partial charge in [0, 0.05) is 41.0 Å². The van der Waals surface area contributed by atoms with E-state index >= 15 is 0 Å². The third-order valence-electron chi connectivity index (χ3n) is 4.88. The molecule has 28 heavy (non-hydrogen) atoms. The standard InChI is InChI=1S/C20H20ClN5O2/c21-15-3-1-2-14(12-15)19-24-25-20(28-19)23-16-4-6-17(7-5-16)26-10-8-13(9-11-26)18(22)27/h1-7,12-13H,8-11H2,(H2,22,27)(H,23,25). The first-order valence-electron chi connectivity index (χ1n) is 9.09. The highest BCUT2D eigenvalue weighted by molar-refractivity contribution is 6.30. The second kappa shape index (κ2) is 7.90. The Kier molecular flexibility index (Phi) is 5.16. The molecule has 0 spiro atoms. The molecule has 3 aromatic rings. The molecule has 0 saturated carbocycles. The van der Waals surface area contributed by atoms with Crippen LogP contribution in [0.25, 0.3) is 11.5 Å². The average molecular weight is 398 g/mol. The molecule has 0 atom stereocenters. The van der Waals surface area contributed by atoms with Gasteiger partial charge in [-0.2, -0.15) is 0 Å². The first kappa shape index (κ1) is 18.3. The molecule has 1 aromatic heterocycles. The van der Waals surface area contributed by atoms with Crippen LogP contribution in [0.1, 0.15) is 12.8 Å². The van der Waals surface area contributed by atoms with Gasteiger partial charge < -0.3 is 20.4 Å². The van der Waals surface area contributed by atoms with E-state index in [1.165, 1.54) is 0 Å². The van der Waals surface area contributed by atoms with Gasteiger partial charge in [0.1, 0.15) is 0 Å². The summed E-state index contributed by atoms with van der Waals surface area (Å²) in [6.45, 7) is 1.65. The quantitative estimate of drug-likeness (QED) is 0.678. The van der Waals surface area contributed by atoms with Crippen LogP contribution in [0.2, 0.25) is 5.02 Å². The molecule has 0 aliphatic carbocycles.